The molecule has 5 rings (SSSR count). The highest BCUT2D eigenvalue weighted by molar-refractivity contribution is 7.21. The van der Waals surface area contributed by atoms with Gasteiger partial charge in [-0.1, -0.05) is 23.7 Å². The second kappa shape index (κ2) is 11.6. The summed E-state index contributed by atoms with van der Waals surface area (Å²) in [6.07, 6.45) is 5.25. The third-order valence-electron chi connectivity index (χ3n) is 7.55. The standard InChI is InChI=1S/C30H30ClF2N3O2S/c1-17-4-5-19(15-35-17)18-6-13-25(38-3)20(14-18)16-36(22-9-7-21(34-2)8-10-22)30(37)29-27(31)26-23(32)11-12-24(33)28(26)39-29/h4-6,11-15,21-22,34H,7-10,16H2,1-3H3/t21-,22-. The van der Waals surface area contributed by atoms with Crippen molar-refractivity contribution < 1.29 is 18.3 Å². The molecule has 0 unspecified atom stereocenters. The van der Waals surface area contributed by atoms with Crippen LogP contribution in [-0.4, -0.2) is 42.0 Å². The number of aryl methyl sites for hydroxylation is 1. The van der Waals surface area contributed by atoms with Crippen LogP contribution in [0.1, 0.15) is 46.6 Å². The molecule has 0 spiro atoms. The molecule has 0 atom stereocenters. The highest BCUT2D eigenvalue weighted by atomic mass is 35.5. The molecule has 1 fully saturated rings. The number of pyridine rings is 1. The zero-order chi connectivity index (χ0) is 27.7. The van der Waals surface area contributed by atoms with Crippen molar-refractivity contribution in [2.45, 2.75) is 51.2 Å². The average Bonchev–Trinajstić information content (AvgIpc) is 3.32. The van der Waals surface area contributed by atoms with E-state index in [1.165, 1.54) is 0 Å². The number of benzene rings is 2. The van der Waals surface area contributed by atoms with Gasteiger partial charge in [-0.2, -0.15) is 0 Å². The van der Waals surface area contributed by atoms with Crippen LogP contribution in [0.5, 0.6) is 5.75 Å². The zero-order valence-electron chi connectivity index (χ0n) is 22.1. The molecule has 4 aromatic rings. The maximum atomic E-state index is 14.6. The summed E-state index contributed by atoms with van der Waals surface area (Å²) >= 11 is 7.45. The monoisotopic (exact) mass is 569 g/mol. The first-order valence-electron chi connectivity index (χ1n) is 12.9. The van der Waals surface area contributed by atoms with Crippen molar-refractivity contribution >= 4 is 38.9 Å². The molecule has 2 aromatic carbocycles. The molecule has 1 amide bonds. The fourth-order valence-electron chi connectivity index (χ4n) is 5.31. The van der Waals surface area contributed by atoms with Gasteiger partial charge in [0.2, 0.25) is 0 Å². The Labute approximate surface area is 235 Å². The lowest BCUT2D eigenvalue weighted by Gasteiger charge is -2.37. The molecule has 0 bridgehead atoms. The number of carbonyl (C=O) groups is 1. The fourth-order valence-corrected chi connectivity index (χ4v) is 6.82. The molecule has 204 valence electrons. The van der Waals surface area contributed by atoms with Crippen molar-refractivity contribution in [2.24, 2.45) is 0 Å². The van der Waals surface area contributed by atoms with E-state index in [2.05, 4.69) is 10.3 Å². The molecule has 0 radical (unpaired) electrons. The van der Waals surface area contributed by atoms with Crippen LogP contribution in [0, 0.1) is 18.6 Å². The maximum absolute atomic E-state index is 14.6. The van der Waals surface area contributed by atoms with E-state index >= 15 is 0 Å². The summed E-state index contributed by atoms with van der Waals surface area (Å²) in [4.78, 5) is 20.5. The van der Waals surface area contributed by atoms with Gasteiger partial charge in [0.25, 0.3) is 5.91 Å². The molecule has 1 aliphatic carbocycles. The van der Waals surface area contributed by atoms with Gasteiger partial charge in [-0.05, 0) is 75.5 Å². The molecular weight excluding hydrogens is 540 g/mol. The third-order valence-corrected chi connectivity index (χ3v) is 9.22. The van der Waals surface area contributed by atoms with Crippen LogP contribution >= 0.6 is 22.9 Å². The van der Waals surface area contributed by atoms with Gasteiger partial charge < -0.3 is 15.0 Å². The average molecular weight is 570 g/mol. The van der Waals surface area contributed by atoms with Gasteiger partial charge in [-0.15, -0.1) is 11.3 Å². The van der Waals surface area contributed by atoms with Crippen molar-refractivity contribution in [2.75, 3.05) is 14.2 Å². The van der Waals surface area contributed by atoms with Gasteiger partial charge >= 0.3 is 0 Å². The van der Waals surface area contributed by atoms with Crippen molar-refractivity contribution in [1.29, 1.82) is 0 Å². The predicted molar refractivity (Wildman–Crippen MR) is 153 cm³/mol. The number of thiophene rings is 1. The number of hydrogen-bond acceptors (Lipinski definition) is 5. The summed E-state index contributed by atoms with van der Waals surface area (Å²) in [6, 6.07) is 12.3. The minimum absolute atomic E-state index is 0.0441. The van der Waals surface area contributed by atoms with E-state index in [9.17, 15) is 13.6 Å². The van der Waals surface area contributed by atoms with Gasteiger partial charge in [0.15, 0.2) is 0 Å². The van der Waals surface area contributed by atoms with E-state index < -0.39 is 11.6 Å². The van der Waals surface area contributed by atoms with Crippen LogP contribution in [0.15, 0.2) is 48.7 Å². The predicted octanol–water partition coefficient (Wildman–Crippen LogP) is 7.38. The molecule has 39 heavy (non-hydrogen) atoms. The number of hydrogen-bond donors (Lipinski definition) is 1. The Morgan fingerprint density at radius 1 is 1.10 bits per heavy atom. The SMILES string of the molecule is CN[C@H]1CC[C@H](N(Cc2cc(-c3ccc(C)nc3)ccc2OC)C(=O)c2sc3c(F)ccc(F)c3c2Cl)CC1. The minimum Gasteiger partial charge on any atom is -0.496 e. The van der Waals surface area contributed by atoms with Crippen LogP contribution in [0.2, 0.25) is 5.02 Å². The molecular formula is C30H30ClF2N3O2S. The number of ether oxygens (including phenoxy) is 1. The van der Waals surface area contributed by atoms with Crippen molar-refractivity contribution in [3.8, 4) is 16.9 Å². The molecule has 0 aliphatic heterocycles. The van der Waals surface area contributed by atoms with Crippen molar-refractivity contribution in [1.82, 2.24) is 15.2 Å². The number of carbonyl (C=O) groups excluding carboxylic acids is 1. The molecule has 5 nitrogen and oxygen atoms in total. The van der Waals surface area contributed by atoms with Gasteiger partial charge in [0.05, 0.1) is 22.2 Å². The molecule has 1 N–H and O–H groups in total. The van der Waals surface area contributed by atoms with E-state index in [0.29, 0.717) is 11.8 Å². The number of halogens is 3. The number of aromatic nitrogens is 1. The number of nitrogens with one attached hydrogen (secondary N) is 1. The summed E-state index contributed by atoms with van der Waals surface area (Å²) in [7, 11) is 3.55. The van der Waals surface area contributed by atoms with Crippen molar-refractivity contribution in [3.05, 3.63) is 81.5 Å². The molecule has 9 heteroatoms. The van der Waals surface area contributed by atoms with E-state index in [0.717, 1.165) is 71.5 Å². The van der Waals surface area contributed by atoms with Crippen LogP contribution in [0.4, 0.5) is 8.78 Å². The third kappa shape index (κ3) is 5.51. The quantitative estimate of drug-likeness (QED) is 0.252. The minimum atomic E-state index is -0.645. The Morgan fingerprint density at radius 2 is 1.82 bits per heavy atom. The van der Waals surface area contributed by atoms with Gasteiger partial charge in [-0.25, -0.2) is 8.78 Å². The Bertz CT molecular complexity index is 1500. The lowest BCUT2D eigenvalue weighted by molar-refractivity contribution is 0.0604. The Hall–Kier alpha value is -3.07. The first-order chi connectivity index (χ1) is 18.8. The summed E-state index contributed by atoms with van der Waals surface area (Å²) in [6.45, 7) is 2.20. The number of rotatable bonds is 7. The number of fused-ring (bicyclic) bond motifs is 1. The maximum Gasteiger partial charge on any atom is 0.266 e. The molecule has 0 saturated heterocycles. The summed E-state index contributed by atoms with van der Waals surface area (Å²) in [5.41, 5.74) is 3.66. The summed E-state index contributed by atoms with van der Waals surface area (Å²) in [5.74, 6) is -0.925. The molecule has 1 aliphatic rings. The Balaban J connectivity index is 1.55. The highest BCUT2D eigenvalue weighted by Crippen LogP contribution is 2.40. The summed E-state index contributed by atoms with van der Waals surface area (Å²) < 4.78 is 34.9. The van der Waals surface area contributed by atoms with Crippen molar-refractivity contribution in [3.63, 3.8) is 0 Å². The van der Waals surface area contributed by atoms with E-state index in [1.807, 2.05) is 50.5 Å². The first-order valence-corrected chi connectivity index (χ1v) is 14.1. The normalized spacial score (nSPS) is 17.4. The van der Waals surface area contributed by atoms with Crippen LogP contribution in [-0.2, 0) is 6.54 Å². The molecule has 2 heterocycles. The Morgan fingerprint density at radius 3 is 2.46 bits per heavy atom. The zero-order valence-corrected chi connectivity index (χ0v) is 23.6. The van der Waals surface area contributed by atoms with E-state index in [4.69, 9.17) is 16.3 Å². The topological polar surface area (TPSA) is 54.5 Å². The largest absolute Gasteiger partial charge is 0.496 e. The van der Waals surface area contributed by atoms with E-state index in [1.54, 1.807) is 12.0 Å². The summed E-state index contributed by atoms with van der Waals surface area (Å²) in [5, 5.41) is 3.24. The fraction of sp³-hybridized carbons (Fsp3) is 0.333. The second-order valence-electron chi connectivity index (χ2n) is 9.92. The van der Waals surface area contributed by atoms with E-state index in [-0.39, 0.29) is 38.5 Å². The smallest absolute Gasteiger partial charge is 0.266 e. The van der Waals surface area contributed by atoms with Crippen LogP contribution in [0.3, 0.4) is 0 Å². The number of amides is 1. The first kappa shape index (κ1) is 27.5. The second-order valence-corrected chi connectivity index (χ2v) is 11.3. The highest BCUT2D eigenvalue weighted by Gasteiger charge is 2.33. The van der Waals surface area contributed by atoms with Crippen LogP contribution in [0.25, 0.3) is 21.2 Å². The lowest BCUT2D eigenvalue weighted by atomic mass is 9.89. The molecule has 2 aromatic heterocycles. The lowest BCUT2D eigenvalue weighted by Crippen LogP contribution is -2.44. The van der Waals surface area contributed by atoms with Gasteiger partial charge in [0.1, 0.15) is 22.3 Å². The number of methoxy groups -OCH3 is 1. The van der Waals surface area contributed by atoms with Crippen LogP contribution < -0.4 is 10.1 Å². The number of nitrogens with zero attached hydrogens (tertiary/aromatic N) is 2. The van der Waals surface area contributed by atoms with Gasteiger partial charge in [-0.3, -0.25) is 9.78 Å². The molecule has 1 saturated carbocycles. The van der Waals surface area contributed by atoms with Gasteiger partial charge in [0, 0.05) is 41.6 Å². The Kier molecular flexibility index (Phi) is 8.16.